The molecule has 2 aliphatic rings. The Hall–Kier alpha value is -2.05. The van der Waals surface area contributed by atoms with Gasteiger partial charge in [-0.15, -0.1) is 0 Å². The average Bonchev–Trinajstić information content (AvgIpc) is 2.72. The van der Waals surface area contributed by atoms with Crippen molar-refractivity contribution in [2.24, 2.45) is 5.41 Å². The number of carbonyl (C=O) groups excluding carboxylic acids is 1. The summed E-state index contributed by atoms with van der Waals surface area (Å²) >= 11 is 0. The summed E-state index contributed by atoms with van der Waals surface area (Å²) in [4.78, 5) is 15.1. The van der Waals surface area contributed by atoms with Gasteiger partial charge >= 0.3 is 5.97 Å². The molecule has 3 rings (SSSR count). The van der Waals surface area contributed by atoms with Crippen LogP contribution < -0.4 is 9.47 Å². The van der Waals surface area contributed by atoms with Crippen molar-refractivity contribution < 1.29 is 23.7 Å². The Labute approximate surface area is 167 Å². The first-order chi connectivity index (χ1) is 13.6. The van der Waals surface area contributed by atoms with Gasteiger partial charge in [0.05, 0.1) is 19.1 Å². The van der Waals surface area contributed by atoms with Gasteiger partial charge in [0, 0.05) is 32.4 Å². The standard InChI is InChI=1S/C22H31NO5/c1-4-27-21(24)22(9-11-25-2)8-5-10-23(16-22)14-17-12-18-13-19(26-3)6-7-20(18)28-15-17/h6-7,12-13H,4-5,8-11,14-16H2,1-3H3. The second-order valence-electron chi connectivity index (χ2n) is 7.55. The summed E-state index contributed by atoms with van der Waals surface area (Å²) in [5, 5.41) is 0. The van der Waals surface area contributed by atoms with E-state index in [2.05, 4.69) is 11.0 Å². The van der Waals surface area contributed by atoms with E-state index in [0.29, 0.717) is 32.8 Å². The Kier molecular flexibility index (Phi) is 6.97. The molecule has 2 heterocycles. The third-order valence-electron chi connectivity index (χ3n) is 5.57. The molecule has 1 aromatic carbocycles. The molecule has 28 heavy (non-hydrogen) atoms. The molecule has 1 saturated heterocycles. The van der Waals surface area contributed by atoms with Crippen LogP contribution in [0.25, 0.3) is 6.08 Å². The summed E-state index contributed by atoms with van der Waals surface area (Å²) in [6.45, 7) is 5.84. The minimum atomic E-state index is -0.485. The molecular weight excluding hydrogens is 358 g/mol. The van der Waals surface area contributed by atoms with Crippen LogP contribution in [0.3, 0.4) is 0 Å². The van der Waals surface area contributed by atoms with Crippen LogP contribution in [0.15, 0.2) is 23.8 Å². The van der Waals surface area contributed by atoms with E-state index < -0.39 is 5.41 Å². The smallest absolute Gasteiger partial charge is 0.313 e. The average molecular weight is 389 g/mol. The van der Waals surface area contributed by atoms with Gasteiger partial charge in [-0.2, -0.15) is 0 Å². The largest absolute Gasteiger partial charge is 0.497 e. The van der Waals surface area contributed by atoms with E-state index in [1.165, 1.54) is 5.57 Å². The molecule has 0 radical (unpaired) electrons. The van der Waals surface area contributed by atoms with Crippen LogP contribution in [0, 0.1) is 5.41 Å². The second-order valence-corrected chi connectivity index (χ2v) is 7.55. The van der Waals surface area contributed by atoms with Crippen molar-refractivity contribution in [1.82, 2.24) is 4.90 Å². The van der Waals surface area contributed by atoms with Crippen LogP contribution in [0.2, 0.25) is 0 Å². The molecule has 6 heteroatoms. The Balaban J connectivity index is 1.73. The van der Waals surface area contributed by atoms with Crippen molar-refractivity contribution in [2.45, 2.75) is 26.2 Å². The topological polar surface area (TPSA) is 57.2 Å². The van der Waals surface area contributed by atoms with Gasteiger partial charge in [0.25, 0.3) is 0 Å². The highest BCUT2D eigenvalue weighted by Gasteiger charge is 2.43. The summed E-state index contributed by atoms with van der Waals surface area (Å²) in [7, 11) is 3.34. The van der Waals surface area contributed by atoms with E-state index in [1.807, 2.05) is 25.1 Å². The fraction of sp³-hybridized carbons (Fsp3) is 0.591. The summed E-state index contributed by atoms with van der Waals surface area (Å²) in [5.74, 6) is 1.60. The van der Waals surface area contributed by atoms with Crippen LogP contribution in [0.4, 0.5) is 0 Å². The molecule has 1 fully saturated rings. The minimum absolute atomic E-state index is 0.0966. The van der Waals surface area contributed by atoms with Crippen LogP contribution >= 0.6 is 0 Å². The Morgan fingerprint density at radius 3 is 2.93 bits per heavy atom. The van der Waals surface area contributed by atoms with Gasteiger partial charge in [0.2, 0.25) is 0 Å². The third kappa shape index (κ3) is 4.67. The third-order valence-corrected chi connectivity index (χ3v) is 5.57. The number of nitrogens with zero attached hydrogens (tertiary/aromatic N) is 1. The van der Waals surface area contributed by atoms with Gasteiger partial charge in [-0.3, -0.25) is 9.69 Å². The van der Waals surface area contributed by atoms with Crippen molar-refractivity contribution in [2.75, 3.05) is 53.7 Å². The number of hydrogen-bond acceptors (Lipinski definition) is 6. The molecule has 0 N–H and O–H groups in total. The van der Waals surface area contributed by atoms with E-state index in [1.54, 1.807) is 14.2 Å². The van der Waals surface area contributed by atoms with E-state index in [-0.39, 0.29) is 5.97 Å². The highest BCUT2D eigenvalue weighted by molar-refractivity contribution is 5.77. The zero-order chi connectivity index (χ0) is 20.0. The zero-order valence-corrected chi connectivity index (χ0v) is 17.2. The van der Waals surface area contributed by atoms with Gasteiger partial charge in [-0.05, 0) is 62.6 Å². The Morgan fingerprint density at radius 2 is 2.18 bits per heavy atom. The Morgan fingerprint density at radius 1 is 1.32 bits per heavy atom. The lowest BCUT2D eigenvalue weighted by Crippen LogP contribution is -2.49. The Bertz CT molecular complexity index is 717. The number of fused-ring (bicyclic) bond motifs is 1. The van der Waals surface area contributed by atoms with E-state index >= 15 is 0 Å². The fourth-order valence-corrected chi connectivity index (χ4v) is 4.12. The zero-order valence-electron chi connectivity index (χ0n) is 17.2. The lowest BCUT2D eigenvalue weighted by molar-refractivity contribution is -0.160. The number of piperidine rings is 1. The van der Waals surface area contributed by atoms with E-state index in [0.717, 1.165) is 43.0 Å². The van der Waals surface area contributed by atoms with Gasteiger partial charge in [0.1, 0.15) is 18.1 Å². The first-order valence-electron chi connectivity index (χ1n) is 9.99. The first kappa shape index (κ1) is 20.7. The lowest BCUT2D eigenvalue weighted by atomic mass is 9.77. The highest BCUT2D eigenvalue weighted by Crippen LogP contribution is 2.36. The minimum Gasteiger partial charge on any atom is -0.497 e. The second kappa shape index (κ2) is 9.43. The molecule has 0 bridgehead atoms. The summed E-state index contributed by atoms with van der Waals surface area (Å²) < 4.78 is 21.9. The van der Waals surface area contributed by atoms with Crippen LogP contribution in [0.1, 0.15) is 31.7 Å². The molecule has 1 aromatic rings. The molecule has 0 saturated carbocycles. The molecule has 2 aliphatic heterocycles. The maximum atomic E-state index is 12.7. The number of likely N-dealkylation sites (tertiary alicyclic amines) is 1. The van der Waals surface area contributed by atoms with E-state index in [9.17, 15) is 4.79 Å². The quantitative estimate of drug-likeness (QED) is 0.637. The SMILES string of the molecule is CCOC(=O)C1(CCOC)CCCN(CC2=Cc3cc(OC)ccc3OC2)C1. The van der Waals surface area contributed by atoms with Gasteiger partial charge in [-0.1, -0.05) is 0 Å². The molecule has 1 atom stereocenters. The number of ether oxygens (including phenoxy) is 4. The summed E-state index contributed by atoms with van der Waals surface area (Å²) in [6, 6.07) is 5.84. The number of carbonyl (C=O) groups is 1. The van der Waals surface area contributed by atoms with Crippen LogP contribution in [-0.4, -0.2) is 64.5 Å². The summed E-state index contributed by atoms with van der Waals surface area (Å²) in [6.07, 6.45) is 4.69. The first-order valence-corrected chi connectivity index (χ1v) is 9.99. The van der Waals surface area contributed by atoms with Gasteiger partial charge in [-0.25, -0.2) is 0 Å². The molecule has 1 unspecified atom stereocenters. The van der Waals surface area contributed by atoms with Crippen LogP contribution in [0.5, 0.6) is 11.5 Å². The number of esters is 1. The van der Waals surface area contributed by atoms with Crippen molar-refractivity contribution in [3.05, 3.63) is 29.3 Å². The maximum Gasteiger partial charge on any atom is 0.313 e. The molecule has 0 amide bonds. The molecule has 0 aromatic heterocycles. The lowest BCUT2D eigenvalue weighted by Gasteiger charge is -2.41. The molecule has 0 spiro atoms. The number of rotatable bonds is 8. The van der Waals surface area contributed by atoms with Crippen molar-refractivity contribution in [3.63, 3.8) is 0 Å². The highest BCUT2D eigenvalue weighted by atomic mass is 16.5. The van der Waals surface area contributed by atoms with E-state index in [4.69, 9.17) is 18.9 Å². The number of benzene rings is 1. The molecular formula is C22H31NO5. The predicted octanol–water partition coefficient (Wildman–Crippen LogP) is 3.15. The monoisotopic (exact) mass is 389 g/mol. The number of hydrogen-bond donors (Lipinski definition) is 0. The fourth-order valence-electron chi connectivity index (χ4n) is 4.12. The molecule has 154 valence electrons. The van der Waals surface area contributed by atoms with Crippen molar-refractivity contribution in [1.29, 1.82) is 0 Å². The van der Waals surface area contributed by atoms with Gasteiger partial charge in [0.15, 0.2) is 0 Å². The molecule has 6 nitrogen and oxygen atoms in total. The van der Waals surface area contributed by atoms with Gasteiger partial charge < -0.3 is 18.9 Å². The predicted molar refractivity (Wildman–Crippen MR) is 108 cm³/mol. The number of methoxy groups -OCH3 is 2. The normalized spacial score (nSPS) is 22.0. The molecule has 0 aliphatic carbocycles. The van der Waals surface area contributed by atoms with Crippen molar-refractivity contribution >= 4 is 12.0 Å². The summed E-state index contributed by atoms with van der Waals surface area (Å²) in [5.41, 5.74) is 1.75. The van der Waals surface area contributed by atoms with Crippen LogP contribution in [-0.2, 0) is 14.3 Å². The maximum absolute atomic E-state index is 12.7. The van der Waals surface area contributed by atoms with Crippen molar-refractivity contribution in [3.8, 4) is 11.5 Å².